The Morgan fingerprint density at radius 2 is 2.13 bits per heavy atom. The average molecular weight is 316 g/mol. The minimum atomic E-state index is -0.00577. The Morgan fingerprint density at radius 3 is 2.83 bits per heavy atom. The van der Waals surface area contributed by atoms with Crippen molar-refractivity contribution in [3.05, 3.63) is 23.8 Å². The number of hydrogen-bond acceptors (Lipinski definition) is 4. The molecule has 0 aliphatic carbocycles. The van der Waals surface area contributed by atoms with Gasteiger partial charge in [0.2, 0.25) is 0 Å². The highest BCUT2D eigenvalue weighted by Gasteiger charge is 2.35. The van der Waals surface area contributed by atoms with E-state index in [-0.39, 0.29) is 18.1 Å². The number of nitrogens with one attached hydrogen (secondary N) is 1. The Labute approximate surface area is 136 Å². The van der Waals surface area contributed by atoms with E-state index in [0.29, 0.717) is 23.8 Å². The van der Waals surface area contributed by atoms with Crippen molar-refractivity contribution in [1.82, 2.24) is 10.2 Å². The van der Waals surface area contributed by atoms with Crippen LogP contribution in [-0.4, -0.2) is 49.2 Å². The molecule has 4 heterocycles. The van der Waals surface area contributed by atoms with Crippen molar-refractivity contribution in [1.29, 1.82) is 0 Å². The maximum atomic E-state index is 12.6. The van der Waals surface area contributed by atoms with Crippen molar-refractivity contribution in [3.8, 4) is 11.5 Å². The quantitative estimate of drug-likeness (QED) is 0.927. The lowest BCUT2D eigenvalue weighted by molar-refractivity contribution is 0.0618. The van der Waals surface area contributed by atoms with Crippen molar-refractivity contribution < 1.29 is 14.3 Å². The molecule has 1 N–H and O–H groups in total. The molecule has 2 unspecified atom stereocenters. The molecule has 0 saturated carbocycles. The highest BCUT2D eigenvalue weighted by molar-refractivity contribution is 5.95. The van der Waals surface area contributed by atoms with Gasteiger partial charge in [0.1, 0.15) is 12.7 Å². The highest BCUT2D eigenvalue weighted by Crippen LogP contribution is 2.33. The zero-order valence-corrected chi connectivity index (χ0v) is 13.6. The summed E-state index contributed by atoms with van der Waals surface area (Å²) < 4.78 is 11.6. The lowest BCUT2D eigenvalue weighted by Gasteiger charge is -2.44. The maximum absolute atomic E-state index is 12.6. The monoisotopic (exact) mass is 316 g/mol. The first-order valence-corrected chi connectivity index (χ1v) is 8.69. The minimum absolute atomic E-state index is 0.00577. The predicted octanol–water partition coefficient (Wildman–Crippen LogP) is 2.06. The van der Waals surface area contributed by atoms with Crippen molar-refractivity contribution in [2.24, 2.45) is 5.92 Å². The van der Waals surface area contributed by atoms with Gasteiger partial charge in [0.25, 0.3) is 5.91 Å². The summed E-state index contributed by atoms with van der Waals surface area (Å²) in [4.78, 5) is 15.0. The molecule has 1 amide bonds. The van der Waals surface area contributed by atoms with Crippen molar-refractivity contribution in [3.63, 3.8) is 0 Å². The van der Waals surface area contributed by atoms with E-state index in [9.17, 15) is 4.79 Å². The Balaban J connectivity index is 1.46. The van der Waals surface area contributed by atoms with E-state index >= 15 is 0 Å². The number of benzene rings is 1. The van der Waals surface area contributed by atoms with Gasteiger partial charge in [-0.3, -0.25) is 4.79 Å². The number of piperidine rings is 3. The van der Waals surface area contributed by atoms with Gasteiger partial charge in [-0.1, -0.05) is 6.92 Å². The zero-order chi connectivity index (χ0) is 15.8. The molecular formula is C18H24N2O3. The van der Waals surface area contributed by atoms with Crippen LogP contribution in [-0.2, 0) is 0 Å². The third kappa shape index (κ3) is 2.90. The normalized spacial score (nSPS) is 31.7. The van der Waals surface area contributed by atoms with Crippen LogP contribution in [0.15, 0.2) is 18.2 Å². The molecule has 2 bridgehead atoms. The van der Waals surface area contributed by atoms with Crippen molar-refractivity contribution in [2.45, 2.75) is 38.3 Å². The minimum Gasteiger partial charge on any atom is -0.486 e. The Hall–Kier alpha value is -1.75. The molecule has 1 aromatic carbocycles. The summed E-state index contributed by atoms with van der Waals surface area (Å²) in [6, 6.07) is 5.76. The third-order valence-corrected chi connectivity index (χ3v) is 5.35. The van der Waals surface area contributed by atoms with Crippen LogP contribution in [0.5, 0.6) is 11.5 Å². The predicted molar refractivity (Wildman–Crippen MR) is 87.1 cm³/mol. The van der Waals surface area contributed by atoms with Crippen LogP contribution in [0.1, 0.15) is 36.5 Å². The van der Waals surface area contributed by atoms with E-state index < -0.39 is 0 Å². The molecule has 4 aliphatic rings. The molecule has 23 heavy (non-hydrogen) atoms. The standard InChI is InChI=1S/C18H24N2O3/c1-2-14-11-22-16-4-3-13(9-17(16)23-14)18(21)19-15-10-20-7-5-12(15)6-8-20/h3-4,9,12,14-15H,2,5-8,10-11H2,1H3,(H,19,21). The summed E-state index contributed by atoms with van der Waals surface area (Å²) in [6.07, 6.45) is 3.37. The first-order chi connectivity index (χ1) is 11.2. The fourth-order valence-corrected chi connectivity index (χ4v) is 3.84. The van der Waals surface area contributed by atoms with Gasteiger partial charge in [-0.2, -0.15) is 0 Å². The molecule has 5 heteroatoms. The second-order valence-electron chi connectivity index (χ2n) is 6.84. The number of carbonyl (C=O) groups excluding carboxylic acids is 1. The summed E-state index contributed by atoms with van der Waals surface area (Å²) in [7, 11) is 0. The number of amides is 1. The van der Waals surface area contributed by atoms with Crippen LogP contribution >= 0.6 is 0 Å². The summed E-state index contributed by atoms with van der Waals surface area (Å²) in [5.74, 6) is 2.04. The molecule has 1 aromatic rings. The summed E-state index contributed by atoms with van der Waals surface area (Å²) >= 11 is 0. The molecule has 4 aliphatic heterocycles. The van der Waals surface area contributed by atoms with Gasteiger partial charge in [0.15, 0.2) is 11.5 Å². The molecule has 0 radical (unpaired) electrons. The zero-order valence-electron chi connectivity index (χ0n) is 13.6. The smallest absolute Gasteiger partial charge is 0.251 e. The number of rotatable bonds is 3. The van der Waals surface area contributed by atoms with E-state index in [1.165, 1.54) is 25.9 Å². The third-order valence-electron chi connectivity index (χ3n) is 5.35. The summed E-state index contributed by atoms with van der Waals surface area (Å²) in [5.41, 5.74) is 0.653. The molecule has 0 aromatic heterocycles. The molecule has 3 saturated heterocycles. The van der Waals surface area contributed by atoms with Crippen LogP contribution in [0, 0.1) is 5.92 Å². The van der Waals surface area contributed by atoms with Crippen LogP contribution in [0.3, 0.4) is 0 Å². The van der Waals surface area contributed by atoms with Crippen molar-refractivity contribution >= 4 is 5.91 Å². The van der Waals surface area contributed by atoms with E-state index in [1.807, 2.05) is 18.2 Å². The van der Waals surface area contributed by atoms with E-state index in [4.69, 9.17) is 9.47 Å². The molecule has 0 spiro atoms. The number of hydrogen-bond donors (Lipinski definition) is 1. The van der Waals surface area contributed by atoms with Crippen LogP contribution in [0.25, 0.3) is 0 Å². The van der Waals surface area contributed by atoms with E-state index in [1.54, 1.807) is 0 Å². The molecule has 3 fully saturated rings. The number of nitrogens with zero attached hydrogens (tertiary/aromatic N) is 1. The molecule has 124 valence electrons. The van der Waals surface area contributed by atoms with E-state index in [0.717, 1.165) is 18.7 Å². The Morgan fingerprint density at radius 1 is 1.30 bits per heavy atom. The van der Waals surface area contributed by atoms with Gasteiger partial charge in [-0.05, 0) is 56.5 Å². The second kappa shape index (κ2) is 6.04. The summed E-state index contributed by atoms with van der Waals surface area (Å²) in [6.45, 7) is 6.00. The lowest BCUT2D eigenvalue weighted by Crippen LogP contribution is -2.57. The largest absolute Gasteiger partial charge is 0.486 e. The fraction of sp³-hybridized carbons (Fsp3) is 0.611. The lowest BCUT2D eigenvalue weighted by atomic mass is 9.84. The van der Waals surface area contributed by atoms with Gasteiger partial charge in [0.05, 0.1) is 0 Å². The number of ether oxygens (including phenoxy) is 2. The van der Waals surface area contributed by atoms with E-state index in [2.05, 4.69) is 17.1 Å². The Bertz CT molecular complexity index is 596. The molecule has 5 nitrogen and oxygen atoms in total. The number of carbonyl (C=O) groups is 1. The second-order valence-corrected chi connectivity index (χ2v) is 6.84. The highest BCUT2D eigenvalue weighted by atomic mass is 16.6. The molecule has 5 rings (SSSR count). The van der Waals surface area contributed by atoms with Crippen molar-refractivity contribution in [2.75, 3.05) is 26.2 Å². The number of fused-ring (bicyclic) bond motifs is 4. The maximum Gasteiger partial charge on any atom is 0.251 e. The van der Waals surface area contributed by atoms with Gasteiger partial charge < -0.3 is 19.7 Å². The first-order valence-electron chi connectivity index (χ1n) is 8.69. The van der Waals surface area contributed by atoms with Gasteiger partial charge in [-0.25, -0.2) is 0 Å². The molecular weight excluding hydrogens is 292 g/mol. The van der Waals surface area contributed by atoms with Gasteiger partial charge in [0, 0.05) is 18.2 Å². The van der Waals surface area contributed by atoms with Crippen LogP contribution < -0.4 is 14.8 Å². The van der Waals surface area contributed by atoms with Gasteiger partial charge >= 0.3 is 0 Å². The fourth-order valence-electron chi connectivity index (χ4n) is 3.84. The van der Waals surface area contributed by atoms with Crippen LogP contribution in [0.4, 0.5) is 0 Å². The summed E-state index contributed by atoms with van der Waals surface area (Å²) in [5, 5.41) is 3.22. The first kappa shape index (κ1) is 14.8. The van der Waals surface area contributed by atoms with Crippen LogP contribution in [0.2, 0.25) is 0 Å². The SMILES string of the molecule is CCC1COc2ccc(C(=O)NC3CN4CCC3CC4)cc2O1. The topological polar surface area (TPSA) is 50.8 Å². The molecule has 2 atom stereocenters. The average Bonchev–Trinajstić information content (AvgIpc) is 2.61. The van der Waals surface area contributed by atoms with Gasteiger partial charge in [-0.15, -0.1) is 0 Å². The Kier molecular flexibility index (Phi) is 3.89.